The van der Waals surface area contributed by atoms with Crippen LogP contribution in [-0.4, -0.2) is 23.7 Å². The first-order valence-corrected chi connectivity index (χ1v) is 7.83. The Kier molecular flexibility index (Phi) is 4.59. The molecule has 1 atom stereocenters. The molecule has 2 N–H and O–H groups in total. The van der Waals surface area contributed by atoms with Crippen molar-refractivity contribution in [2.45, 2.75) is 30.9 Å². The molecule has 2 aromatic rings. The standard InChI is InChI=1S/C18H21FN2O2/c1-23-14-6-2-5-13(11-14)16(22)12-21-18(8-4-9-18)17-15(19)7-3-10-20-17/h2-3,5-7,10-11,16,21-22H,4,8-9,12H2,1H3. The summed E-state index contributed by atoms with van der Waals surface area (Å²) in [7, 11) is 1.59. The molecule has 0 spiro atoms. The number of pyridine rings is 1. The minimum absolute atomic E-state index is 0.296. The SMILES string of the molecule is COc1cccc(C(O)CNC2(c3ncccc3F)CCC2)c1. The van der Waals surface area contributed by atoms with E-state index in [9.17, 15) is 9.50 Å². The number of ether oxygens (including phenoxy) is 1. The Morgan fingerprint density at radius 1 is 1.35 bits per heavy atom. The third kappa shape index (κ3) is 3.21. The van der Waals surface area contributed by atoms with Crippen LogP contribution in [0.2, 0.25) is 0 Å². The van der Waals surface area contributed by atoms with Gasteiger partial charge in [0.05, 0.1) is 24.4 Å². The lowest BCUT2D eigenvalue weighted by atomic mass is 9.73. The zero-order valence-electron chi connectivity index (χ0n) is 13.1. The molecule has 1 fully saturated rings. The zero-order valence-corrected chi connectivity index (χ0v) is 13.1. The molecule has 0 saturated heterocycles. The van der Waals surface area contributed by atoms with E-state index in [2.05, 4.69) is 10.3 Å². The predicted molar refractivity (Wildman–Crippen MR) is 85.7 cm³/mol. The Morgan fingerprint density at radius 3 is 2.83 bits per heavy atom. The average Bonchev–Trinajstić information content (AvgIpc) is 2.55. The Bertz CT molecular complexity index is 674. The average molecular weight is 316 g/mol. The molecule has 1 saturated carbocycles. The maximum atomic E-state index is 14.1. The Labute approximate surface area is 135 Å². The summed E-state index contributed by atoms with van der Waals surface area (Å²) in [5, 5.41) is 13.7. The molecule has 0 bridgehead atoms. The quantitative estimate of drug-likeness (QED) is 0.860. The molecule has 1 aromatic carbocycles. The van der Waals surface area contributed by atoms with Crippen molar-refractivity contribution in [1.29, 1.82) is 0 Å². The monoisotopic (exact) mass is 316 g/mol. The van der Waals surface area contributed by atoms with Gasteiger partial charge in [0.15, 0.2) is 0 Å². The van der Waals surface area contributed by atoms with Gasteiger partial charge in [-0.3, -0.25) is 4.98 Å². The number of aliphatic hydroxyl groups is 1. The molecule has 0 aliphatic heterocycles. The van der Waals surface area contributed by atoms with Crippen molar-refractivity contribution < 1.29 is 14.2 Å². The van der Waals surface area contributed by atoms with E-state index in [4.69, 9.17) is 4.74 Å². The number of benzene rings is 1. The highest BCUT2D eigenvalue weighted by Gasteiger charge is 2.41. The smallest absolute Gasteiger partial charge is 0.146 e. The van der Waals surface area contributed by atoms with Crippen molar-refractivity contribution >= 4 is 0 Å². The van der Waals surface area contributed by atoms with E-state index in [1.165, 1.54) is 6.07 Å². The van der Waals surface area contributed by atoms with Gasteiger partial charge in [-0.25, -0.2) is 4.39 Å². The minimum atomic E-state index is -0.686. The Hall–Kier alpha value is -1.98. The largest absolute Gasteiger partial charge is 0.497 e. The van der Waals surface area contributed by atoms with Crippen molar-refractivity contribution in [1.82, 2.24) is 10.3 Å². The summed E-state index contributed by atoms with van der Waals surface area (Å²) in [6.45, 7) is 0.336. The van der Waals surface area contributed by atoms with Crippen LogP contribution in [0.3, 0.4) is 0 Å². The summed E-state index contributed by atoms with van der Waals surface area (Å²) in [5.74, 6) is 0.409. The van der Waals surface area contributed by atoms with Crippen LogP contribution in [0.15, 0.2) is 42.6 Å². The first-order chi connectivity index (χ1) is 11.1. The van der Waals surface area contributed by atoms with Crippen LogP contribution in [0.25, 0.3) is 0 Å². The number of nitrogens with one attached hydrogen (secondary N) is 1. The van der Waals surface area contributed by atoms with Gasteiger partial charge in [0, 0.05) is 12.7 Å². The second kappa shape index (κ2) is 6.64. The highest BCUT2D eigenvalue weighted by molar-refractivity contribution is 5.30. The molecule has 0 radical (unpaired) electrons. The van der Waals surface area contributed by atoms with Gasteiger partial charge in [-0.2, -0.15) is 0 Å². The second-order valence-electron chi connectivity index (χ2n) is 5.94. The zero-order chi connectivity index (χ0) is 16.3. The Balaban J connectivity index is 1.72. The van der Waals surface area contributed by atoms with E-state index < -0.39 is 11.6 Å². The van der Waals surface area contributed by atoms with Crippen LogP contribution < -0.4 is 10.1 Å². The first kappa shape index (κ1) is 15.9. The molecule has 0 amide bonds. The van der Waals surface area contributed by atoms with Crippen LogP contribution in [0.1, 0.15) is 36.6 Å². The molecule has 1 aromatic heterocycles. The number of hydrogen-bond donors (Lipinski definition) is 2. The van der Waals surface area contributed by atoms with Crippen molar-refractivity contribution in [3.8, 4) is 5.75 Å². The van der Waals surface area contributed by atoms with E-state index in [-0.39, 0.29) is 5.82 Å². The first-order valence-electron chi connectivity index (χ1n) is 7.83. The van der Waals surface area contributed by atoms with Gasteiger partial charge in [0.25, 0.3) is 0 Å². The summed E-state index contributed by atoms with van der Waals surface area (Å²) < 4.78 is 19.2. The van der Waals surface area contributed by atoms with Crippen LogP contribution in [0, 0.1) is 5.82 Å². The fourth-order valence-corrected chi connectivity index (χ4v) is 3.02. The third-order valence-corrected chi connectivity index (χ3v) is 4.53. The van der Waals surface area contributed by atoms with Gasteiger partial charge in [-0.15, -0.1) is 0 Å². The van der Waals surface area contributed by atoms with Crippen LogP contribution in [-0.2, 0) is 5.54 Å². The summed E-state index contributed by atoms with van der Waals surface area (Å²) >= 11 is 0. The predicted octanol–water partition coefficient (Wildman–Crippen LogP) is 2.93. The van der Waals surface area contributed by atoms with Crippen molar-refractivity contribution in [3.63, 3.8) is 0 Å². The van der Waals surface area contributed by atoms with Crippen molar-refractivity contribution in [3.05, 3.63) is 59.7 Å². The van der Waals surface area contributed by atoms with Crippen molar-refractivity contribution in [2.24, 2.45) is 0 Å². The van der Waals surface area contributed by atoms with Crippen LogP contribution in [0.5, 0.6) is 5.75 Å². The van der Waals surface area contributed by atoms with E-state index in [1.54, 1.807) is 25.4 Å². The summed E-state index contributed by atoms with van der Waals surface area (Å²) in [6, 6.07) is 10.4. The number of hydrogen-bond acceptors (Lipinski definition) is 4. The molecule has 1 heterocycles. The minimum Gasteiger partial charge on any atom is -0.497 e. The number of aromatic nitrogens is 1. The molecule has 1 aliphatic rings. The number of methoxy groups -OCH3 is 1. The van der Waals surface area contributed by atoms with Crippen LogP contribution in [0.4, 0.5) is 4.39 Å². The number of nitrogens with zero attached hydrogens (tertiary/aromatic N) is 1. The maximum Gasteiger partial charge on any atom is 0.146 e. The van der Waals surface area contributed by atoms with Gasteiger partial charge in [-0.1, -0.05) is 12.1 Å². The molecular formula is C18H21FN2O2. The van der Waals surface area contributed by atoms with Gasteiger partial charge in [0.2, 0.25) is 0 Å². The lowest BCUT2D eigenvalue weighted by Gasteiger charge is -2.42. The lowest BCUT2D eigenvalue weighted by Crippen LogP contribution is -2.50. The van der Waals surface area contributed by atoms with E-state index in [0.717, 1.165) is 24.8 Å². The molecule has 1 unspecified atom stereocenters. The normalized spacial score (nSPS) is 17.3. The number of aliphatic hydroxyl groups excluding tert-OH is 1. The maximum absolute atomic E-state index is 14.1. The summed E-state index contributed by atoms with van der Waals surface area (Å²) in [6.07, 6.45) is 3.60. The highest BCUT2D eigenvalue weighted by Crippen LogP contribution is 2.41. The number of halogens is 1. The topological polar surface area (TPSA) is 54.4 Å². The summed E-state index contributed by atoms with van der Waals surface area (Å²) in [4.78, 5) is 4.21. The van der Waals surface area contributed by atoms with E-state index in [1.807, 2.05) is 18.2 Å². The molecule has 23 heavy (non-hydrogen) atoms. The van der Waals surface area contributed by atoms with Gasteiger partial charge in [-0.05, 0) is 49.1 Å². The van der Waals surface area contributed by atoms with E-state index >= 15 is 0 Å². The molecular weight excluding hydrogens is 295 g/mol. The number of rotatable bonds is 6. The molecule has 5 heteroatoms. The molecule has 4 nitrogen and oxygen atoms in total. The van der Waals surface area contributed by atoms with Gasteiger partial charge < -0.3 is 15.2 Å². The van der Waals surface area contributed by atoms with Crippen molar-refractivity contribution in [2.75, 3.05) is 13.7 Å². The van der Waals surface area contributed by atoms with E-state index in [0.29, 0.717) is 18.0 Å². The molecule has 122 valence electrons. The summed E-state index contributed by atoms with van der Waals surface area (Å²) in [5.41, 5.74) is 0.752. The fourth-order valence-electron chi connectivity index (χ4n) is 3.02. The Morgan fingerprint density at radius 2 is 2.17 bits per heavy atom. The fraction of sp³-hybridized carbons (Fsp3) is 0.389. The lowest BCUT2D eigenvalue weighted by molar-refractivity contribution is 0.116. The van der Waals surface area contributed by atoms with Gasteiger partial charge >= 0.3 is 0 Å². The van der Waals surface area contributed by atoms with Crippen LogP contribution >= 0.6 is 0 Å². The molecule has 3 rings (SSSR count). The van der Waals surface area contributed by atoms with Gasteiger partial charge in [0.1, 0.15) is 11.6 Å². The molecule has 1 aliphatic carbocycles. The highest BCUT2D eigenvalue weighted by atomic mass is 19.1. The third-order valence-electron chi connectivity index (χ3n) is 4.53. The second-order valence-corrected chi connectivity index (χ2v) is 5.94.